The Morgan fingerprint density at radius 2 is 2.00 bits per heavy atom. The van der Waals surface area contributed by atoms with Crippen LogP contribution in [0.25, 0.3) is 0 Å². The van der Waals surface area contributed by atoms with Gasteiger partial charge in [-0.25, -0.2) is 4.39 Å². The highest BCUT2D eigenvalue weighted by Crippen LogP contribution is 2.26. The molecule has 0 atom stereocenters. The van der Waals surface area contributed by atoms with Crippen LogP contribution >= 0.6 is 11.8 Å². The SMILES string of the molecule is NCc1cccc(SCc2cc(F)cc([N+](=O)[O-])c2)c1. The molecule has 2 aromatic rings. The van der Waals surface area contributed by atoms with Crippen molar-refractivity contribution < 1.29 is 9.31 Å². The van der Waals surface area contributed by atoms with E-state index >= 15 is 0 Å². The number of halogens is 1. The maximum absolute atomic E-state index is 13.3. The first-order valence-corrected chi connectivity index (χ1v) is 6.92. The van der Waals surface area contributed by atoms with E-state index in [1.807, 2.05) is 24.3 Å². The fourth-order valence-corrected chi connectivity index (χ4v) is 2.66. The molecule has 0 aliphatic heterocycles. The molecule has 0 heterocycles. The van der Waals surface area contributed by atoms with E-state index in [9.17, 15) is 14.5 Å². The van der Waals surface area contributed by atoms with Crippen LogP contribution in [0.4, 0.5) is 10.1 Å². The second kappa shape index (κ2) is 6.49. The zero-order valence-electron chi connectivity index (χ0n) is 10.6. The van der Waals surface area contributed by atoms with Crippen LogP contribution in [0.2, 0.25) is 0 Å². The van der Waals surface area contributed by atoms with E-state index in [1.54, 1.807) is 0 Å². The van der Waals surface area contributed by atoms with Crippen LogP contribution in [0.1, 0.15) is 11.1 Å². The summed E-state index contributed by atoms with van der Waals surface area (Å²) in [5.41, 5.74) is 6.94. The van der Waals surface area contributed by atoms with Crippen LogP contribution in [0, 0.1) is 15.9 Å². The zero-order valence-corrected chi connectivity index (χ0v) is 11.4. The van der Waals surface area contributed by atoms with Crippen molar-refractivity contribution in [1.82, 2.24) is 0 Å². The van der Waals surface area contributed by atoms with Crippen molar-refractivity contribution >= 4 is 17.4 Å². The van der Waals surface area contributed by atoms with Crippen LogP contribution in [0.5, 0.6) is 0 Å². The van der Waals surface area contributed by atoms with Gasteiger partial charge in [0.15, 0.2) is 0 Å². The van der Waals surface area contributed by atoms with Gasteiger partial charge in [0.2, 0.25) is 0 Å². The minimum absolute atomic E-state index is 0.226. The molecule has 0 fully saturated rings. The summed E-state index contributed by atoms with van der Waals surface area (Å²) < 4.78 is 13.3. The normalized spacial score (nSPS) is 10.5. The third-order valence-electron chi connectivity index (χ3n) is 2.69. The van der Waals surface area contributed by atoms with Crippen molar-refractivity contribution in [3.63, 3.8) is 0 Å². The molecule has 2 N–H and O–H groups in total. The maximum atomic E-state index is 13.3. The number of nitro groups is 1. The first-order chi connectivity index (χ1) is 9.58. The maximum Gasteiger partial charge on any atom is 0.272 e. The molecule has 0 saturated carbocycles. The molecule has 4 nitrogen and oxygen atoms in total. The molecule has 0 aliphatic rings. The molecule has 0 saturated heterocycles. The number of hydrogen-bond donors (Lipinski definition) is 1. The van der Waals surface area contributed by atoms with Crippen molar-refractivity contribution in [1.29, 1.82) is 0 Å². The van der Waals surface area contributed by atoms with Gasteiger partial charge in [-0.15, -0.1) is 11.8 Å². The Morgan fingerprint density at radius 1 is 1.20 bits per heavy atom. The summed E-state index contributed by atoms with van der Waals surface area (Å²) in [4.78, 5) is 11.1. The molecule has 2 rings (SSSR count). The van der Waals surface area contributed by atoms with E-state index in [4.69, 9.17) is 5.73 Å². The number of nitrogens with zero attached hydrogens (tertiary/aromatic N) is 1. The molecule has 2 aromatic carbocycles. The summed E-state index contributed by atoms with van der Waals surface area (Å²) >= 11 is 1.49. The molecule has 0 aromatic heterocycles. The third-order valence-corrected chi connectivity index (χ3v) is 3.76. The van der Waals surface area contributed by atoms with Crippen LogP contribution in [-0.4, -0.2) is 4.92 Å². The highest BCUT2D eigenvalue weighted by Gasteiger charge is 2.10. The Labute approximate surface area is 119 Å². The van der Waals surface area contributed by atoms with Gasteiger partial charge >= 0.3 is 0 Å². The van der Waals surface area contributed by atoms with Gasteiger partial charge < -0.3 is 5.73 Å². The van der Waals surface area contributed by atoms with Crippen LogP contribution < -0.4 is 5.73 Å². The van der Waals surface area contributed by atoms with Crippen molar-refractivity contribution in [3.05, 3.63) is 69.5 Å². The van der Waals surface area contributed by atoms with Gasteiger partial charge in [-0.2, -0.15) is 0 Å². The van der Waals surface area contributed by atoms with Gasteiger partial charge in [-0.1, -0.05) is 12.1 Å². The smallest absolute Gasteiger partial charge is 0.272 e. The molecule has 0 spiro atoms. The van der Waals surface area contributed by atoms with Gasteiger partial charge in [0.25, 0.3) is 5.69 Å². The molecule has 0 unspecified atom stereocenters. The van der Waals surface area contributed by atoms with E-state index in [1.165, 1.54) is 23.9 Å². The largest absolute Gasteiger partial charge is 0.326 e. The van der Waals surface area contributed by atoms with Gasteiger partial charge in [-0.05, 0) is 29.3 Å². The van der Waals surface area contributed by atoms with Crippen LogP contribution in [0.3, 0.4) is 0 Å². The lowest BCUT2D eigenvalue weighted by Crippen LogP contribution is -1.95. The molecule has 0 radical (unpaired) electrons. The number of thioether (sulfide) groups is 1. The second-order valence-electron chi connectivity index (χ2n) is 4.21. The number of nitro benzene ring substituents is 1. The monoisotopic (exact) mass is 292 g/mol. The van der Waals surface area contributed by atoms with Crippen molar-refractivity contribution in [2.45, 2.75) is 17.2 Å². The summed E-state index contributed by atoms with van der Waals surface area (Å²) in [5.74, 6) is -0.127. The minimum Gasteiger partial charge on any atom is -0.326 e. The summed E-state index contributed by atoms with van der Waals surface area (Å²) in [6, 6.07) is 11.3. The van der Waals surface area contributed by atoms with E-state index in [-0.39, 0.29) is 5.69 Å². The minimum atomic E-state index is -0.592. The molecule has 0 bridgehead atoms. The average molecular weight is 292 g/mol. The molecule has 0 aliphatic carbocycles. The van der Waals surface area contributed by atoms with E-state index in [0.717, 1.165) is 16.5 Å². The summed E-state index contributed by atoms with van der Waals surface area (Å²) in [6.45, 7) is 0.458. The number of rotatable bonds is 5. The Kier molecular flexibility index (Phi) is 4.70. The lowest BCUT2D eigenvalue weighted by atomic mass is 10.2. The predicted molar refractivity (Wildman–Crippen MR) is 76.9 cm³/mol. The summed E-state index contributed by atoms with van der Waals surface area (Å²) in [7, 11) is 0. The quantitative estimate of drug-likeness (QED) is 0.520. The third kappa shape index (κ3) is 3.79. The molecular weight excluding hydrogens is 279 g/mol. The molecule has 20 heavy (non-hydrogen) atoms. The Hall–Kier alpha value is -1.92. The number of hydrogen-bond acceptors (Lipinski definition) is 4. The van der Waals surface area contributed by atoms with E-state index in [0.29, 0.717) is 17.9 Å². The van der Waals surface area contributed by atoms with Crippen molar-refractivity contribution in [2.75, 3.05) is 0 Å². The fourth-order valence-electron chi connectivity index (χ4n) is 1.75. The van der Waals surface area contributed by atoms with Crippen LogP contribution in [-0.2, 0) is 12.3 Å². The lowest BCUT2D eigenvalue weighted by Gasteiger charge is -2.04. The van der Waals surface area contributed by atoms with E-state index < -0.39 is 10.7 Å². The molecular formula is C14H13FN2O2S. The summed E-state index contributed by atoms with van der Waals surface area (Å²) in [5, 5.41) is 10.7. The molecule has 0 amide bonds. The standard InChI is InChI=1S/C14H13FN2O2S/c15-12-4-11(5-13(7-12)17(18)19)9-20-14-3-1-2-10(6-14)8-16/h1-7H,8-9,16H2. The number of nitrogens with two attached hydrogens (primary N) is 1. The summed E-state index contributed by atoms with van der Waals surface area (Å²) in [6.07, 6.45) is 0. The van der Waals surface area contributed by atoms with Gasteiger partial charge in [0, 0.05) is 23.3 Å². The lowest BCUT2D eigenvalue weighted by molar-refractivity contribution is -0.385. The highest BCUT2D eigenvalue weighted by atomic mass is 32.2. The van der Waals surface area contributed by atoms with Crippen molar-refractivity contribution in [3.8, 4) is 0 Å². The average Bonchev–Trinajstić information content (AvgIpc) is 2.44. The second-order valence-corrected chi connectivity index (χ2v) is 5.26. The molecule has 104 valence electrons. The molecule has 6 heteroatoms. The topological polar surface area (TPSA) is 69.2 Å². The Balaban J connectivity index is 2.12. The van der Waals surface area contributed by atoms with Gasteiger partial charge in [0.1, 0.15) is 5.82 Å². The first kappa shape index (κ1) is 14.5. The Morgan fingerprint density at radius 3 is 2.70 bits per heavy atom. The van der Waals surface area contributed by atoms with Crippen LogP contribution in [0.15, 0.2) is 47.4 Å². The van der Waals surface area contributed by atoms with Gasteiger partial charge in [0.05, 0.1) is 11.0 Å². The van der Waals surface area contributed by atoms with Crippen molar-refractivity contribution in [2.24, 2.45) is 5.73 Å². The first-order valence-electron chi connectivity index (χ1n) is 5.94. The Bertz CT molecular complexity index is 634. The van der Waals surface area contributed by atoms with E-state index in [2.05, 4.69) is 0 Å². The van der Waals surface area contributed by atoms with Gasteiger partial charge in [-0.3, -0.25) is 10.1 Å². The zero-order chi connectivity index (χ0) is 14.5. The fraction of sp³-hybridized carbons (Fsp3) is 0.143. The highest BCUT2D eigenvalue weighted by molar-refractivity contribution is 7.98. The predicted octanol–water partition coefficient (Wildman–Crippen LogP) is 3.48. The number of benzene rings is 2. The number of non-ortho nitro benzene ring substituents is 1.